The highest BCUT2D eigenvalue weighted by Gasteiger charge is 2.20. The van der Waals surface area contributed by atoms with E-state index in [1.807, 2.05) is 47.9 Å². The molecular weight excluding hydrogens is 322 g/mol. The van der Waals surface area contributed by atoms with Gasteiger partial charge in [0.25, 0.3) is 5.91 Å². The van der Waals surface area contributed by atoms with Crippen LogP contribution in [0, 0.1) is 6.92 Å². The van der Waals surface area contributed by atoms with Crippen LogP contribution in [0.1, 0.15) is 28.2 Å². The van der Waals surface area contributed by atoms with Gasteiger partial charge in [-0.05, 0) is 19.8 Å². The number of nitrogens with one attached hydrogen (secondary N) is 1. The van der Waals surface area contributed by atoms with Crippen LogP contribution in [0.15, 0.2) is 36.5 Å². The normalized spacial score (nSPS) is 17.5. The maximum atomic E-state index is 12.4. The molecule has 3 heterocycles. The highest BCUT2D eigenvalue weighted by molar-refractivity contribution is 7.19. The fraction of sp³-hybridized carbons (Fsp3) is 0.333. The van der Waals surface area contributed by atoms with Gasteiger partial charge in [-0.1, -0.05) is 41.7 Å². The second-order valence-electron chi connectivity index (χ2n) is 6.01. The first-order valence-corrected chi connectivity index (χ1v) is 8.98. The van der Waals surface area contributed by atoms with Crippen molar-refractivity contribution in [2.45, 2.75) is 25.9 Å². The first-order chi connectivity index (χ1) is 11.7. The molecule has 0 spiro atoms. The van der Waals surface area contributed by atoms with E-state index in [9.17, 15) is 4.79 Å². The summed E-state index contributed by atoms with van der Waals surface area (Å²) in [4.78, 5) is 18.7. The molecule has 1 saturated heterocycles. The average molecular weight is 341 g/mol. The molecule has 124 valence electrons. The summed E-state index contributed by atoms with van der Waals surface area (Å²) in [6, 6.07) is 10.1. The molecule has 1 atom stereocenters. The third-order valence-corrected chi connectivity index (χ3v) is 5.50. The van der Waals surface area contributed by atoms with Crippen LogP contribution in [0.4, 0.5) is 0 Å². The number of benzene rings is 1. The van der Waals surface area contributed by atoms with Crippen LogP contribution in [-0.2, 0) is 4.74 Å². The van der Waals surface area contributed by atoms with Gasteiger partial charge in [-0.3, -0.25) is 9.20 Å². The van der Waals surface area contributed by atoms with Crippen LogP contribution in [0.3, 0.4) is 0 Å². The number of aryl methyl sites for hydroxylation is 1. The number of hydrogen-bond donors (Lipinski definition) is 1. The van der Waals surface area contributed by atoms with Crippen LogP contribution < -0.4 is 5.32 Å². The summed E-state index contributed by atoms with van der Waals surface area (Å²) in [6.45, 7) is 3.34. The predicted molar refractivity (Wildman–Crippen MR) is 94.5 cm³/mol. The number of carbonyl (C=O) groups is 1. The quantitative estimate of drug-likeness (QED) is 0.792. The molecule has 2 aromatic heterocycles. The van der Waals surface area contributed by atoms with Crippen LogP contribution >= 0.6 is 11.3 Å². The number of fused-ring (bicyclic) bond motifs is 1. The van der Waals surface area contributed by atoms with Crippen molar-refractivity contribution in [1.29, 1.82) is 0 Å². The molecule has 5 nitrogen and oxygen atoms in total. The number of amides is 1. The van der Waals surface area contributed by atoms with E-state index in [-0.39, 0.29) is 12.0 Å². The lowest BCUT2D eigenvalue weighted by atomic mass is 10.2. The zero-order chi connectivity index (χ0) is 16.5. The van der Waals surface area contributed by atoms with E-state index in [0.717, 1.165) is 46.2 Å². The van der Waals surface area contributed by atoms with Gasteiger partial charge >= 0.3 is 0 Å². The molecule has 24 heavy (non-hydrogen) atoms. The summed E-state index contributed by atoms with van der Waals surface area (Å²) in [5.74, 6) is -0.0419. The number of thiazole rings is 1. The first-order valence-electron chi connectivity index (χ1n) is 8.16. The second kappa shape index (κ2) is 6.37. The van der Waals surface area contributed by atoms with Gasteiger partial charge in [0.1, 0.15) is 4.88 Å². The Balaban J connectivity index is 1.55. The monoisotopic (exact) mass is 341 g/mol. The van der Waals surface area contributed by atoms with Gasteiger partial charge < -0.3 is 10.1 Å². The lowest BCUT2D eigenvalue weighted by Crippen LogP contribution is -2.31. The Labute approximate surface area is 144 Å². The number of nitrogens with zero attached hydrogens (tertiary/aromatic N) is 2. The Kier molecular flexibility index (Phi) is 4.08. The van der Waals surface area contributed by atoms with Crippen LogP contribution in [-0.4, -0.2) is 34.5 Å². The van der Waals surface area contributed by atoms with Crippen molar-refractivity contribution in [3.8, 4) is 11.3 Å². The van der Waals surface area contributed by atoms with E-state index < -0.39 is 0 Å². The average Bonchev–Trinajstić information content (AvgIpc) is 3.32. The minimum absolute atomic E-state index is 0.0419. The van der Waals surface area contributed by atoms with Crippen molar-refractivity contribution < 1.29 is 9.53 Å². The van der Waals surface area contributed by atoms with Crippen molar-refractivity contribution in [3.05, 3.63) is 47.1 Å². The summed E-state index contributed by atoms with van der Waals surface area (Å²) in [6.07, 6.45) is 4.25. The number of imidazole rings is 1. The summed E-state index contributed by atoms with van der Waals surface area (Å²) < 4.78 is 7.54. The number of aromatic nitrogens is 2. The highest BCUT2D eigenvalue weighted by atomic mass is 32.1. The van der Waals surface area contributed by atoms with Gasteiger partial charge in [-0.25, -0.2) is 4.98 Å². The van der Waals surface area contributed by atoms with Crippen molar-refractivity contribution in [3.63, 3.8) is 0 Å². The first kappa shape index (κ1) is 15.4. The molecule has 0 aliphatic carbocycles. The maximum Gasteiger partial charge on any atom is 0.263 e. The molecule has 0 unspecified atom stereocenters. The molecule has 1 N–H and O–H groups in total. The summed E-state index contributed by atoms with van der Waals surface area (Å²) in [7, 11) is 0. The Morgan fingerprint density at radius 1 is 1.42 bits per heavy atom. The van der Waals surface area contributed by atoms with Gasteiger partial charge in [0, 0.05) is 30.6 Å². The van der Waals surface area contributed by atoms with E-state index in [1.54, 1.807) is 0 Å². The standard InChI is InChI=1S/C18H19N3O2S/c1-12-16(17(22)19-10-14-8-5-9-23-14)24-18-20-15(11-21(12)18)13-6-3-2-4-7-13/h2-4,6-7,11,14H,5,8-10H2,1H3,(H,19,22)/t14-/m1/s1. The molecule has 1 amide bonds. The number of rotatable bonds is 4. The molecule has 4 rings (SSSR count). The van der Waals surface area contributed by atoms with E-state index in [0.29, 0.717) is 6.54 Å². The molecular formula is C18H19N3O2S. The molecule has 1 aromatic carbocycles. The predicted octanol–water partition coefficient (Wildman–Crippen LogP) is 3.28. The highest BCUT2D eigenvalue weighted by Crippen LogP contribution is 2.27. The third kappa shape index (κ3) is 2.83. The zero-order valence-corrected chi connectivity index (χ0v) is 14.3. The molecule has 6 heteroatoms. The van der Waals surface area contributed by atoms with Gasteiger partial charge in [0.05, 0.1) is 11.8 Å². The maximum absolute atomic E-state index is 12.4. The van der Waals surface area contributed by atoms with Crippen molar-refractivity contribution in [2.24, 2.45) is 0 Å². The van der Waals surface area contributed by atoms with Gasteiger partial charge in [-0.15, -0.1) is 0 Å². The van der Waals surface area contributed by atoms with Crippen molar-refractivity contribution in [2.75, 3.05) is 13.2 Å². The Morgan fingerprint density at radius 3 is 2.96 bits per heavy atom. The topological polar surface area (TPSA) is 55.6 Å². The third-order valence-electron chi connectivity index (χ3n) is 4.35. The molecule has 0 saturated carbocycles. The van der Waals surface area contributed by atoms with E-state index >= 15 is 0 Å². The minimum atomic E-state index is -0.0419. The zero-order valence-electron chi connectivity index (χ0n) is 13.5. The van der Waals surface area contributed by atoms with Crippen molar-refractivity contribution >= 4 is 22.2 Å². The lowest BCUT2D eigenvalue weighted by molar-refractivity contribution is 0.0860. The van der Waals surface area contributed by atoms with Crippen LogP contribution in [0.2, 0.25) is 0 Å². The van der Waals surface area contributed by atoms with Gasteiger partial charge in [0.2, 0.25) is 0 Å². The fourth-order valence-electron chi connectivity index (χ4n) is 3.00. The lowest BCUT2D eigenvalue weighted by Gasteiger charge is -2.10. The second-order valence-corrected chi connectivity index (χ2v) is 6.98. The molecule has 1 aliphatic rings. The number of hydrogen-bond acceptors (Lipinski definition) is 4. The Bertz CT molecular complexity index is 863. The van der Waals surface area contributed by atoms with E-state index in [2.05, 4.69) is 10.3 Å². The molecule has 0 bridgehead atoms. The van der Waals surface area contributed by atoms with Crippen LogP contribution in [0.25, 0.3) is 16.2 Å². The minimum Gasteiger partial charge on any atom is -0.376 e. The van der Waals surface area contributed by atoms with Crippen molar-refractivity contribution in [1.82, 2.24) is 14.7 Å². The largest absolute Gasteiger partial charge is 0.376 e. The summed E-state index contributed by atoms with van der Waals surface area (Å²) in [5.41, 5.74) is 2.93. The smallest absolute Gasteiger partial charge is 0.263 e. The Hall–Kier alpha value is -2.18. The van der Waals surface area contributed by atoms with E-state index in [1.165, 1.54) is 11.3 Å². The Morgan fingerprint density at radius 2 is 2.25 bits per heavy atom. The van der Waals surface area contributed by atoms with Crippen LogP contribution in [0.5, 0.6) is 0 Å². The summed E-state index contributed by atoms with van der Waals surface area (Å²) in [5, 5.41) is 2.98. The van der Waals surface area contributed by atoms with Gasteiger partial charge in [-0.2, -0.15) is 0 Å². The fourth-order valence-corrected chi connectivity index (χ4v) is 4.03. The number of ether oxygens (including phenoxy) is 1. The van der Waals surface area contributed by atoms with Gasteiger partial charge in [0.15, 0.2) is 4.96 Å². The molecule has 0 radical (unpaired) electrons. The molecule has 3 aromatic rings. The number of carbonyl (C=O) groups excluding carboxylic acids is 1. The SMILES string of the molecule is Cc1c(C(=O)NC[C@H]2CCCO2)sc2nc(-c3ccccc3)cn12. The molecule has 1 fully saturated rings. The van der Waals surface area contributed by atoms with E-state index in [4.69, 9.17) is 4.74 Å². The molecule has 1 aliphatic heterocycles. The summed E-state index contributed by atoms with van der Waals surface area (Å²) >= 11 is 1.43.